The van der Waals surface area contributed by atoms with Crippen molar-refractivity contribution in [3.63, 3.8) is 0 Å². The van der Waals surface area contributed by atoms with Crippen LogP contribution in [0.5, 0.6) is 0 Å². The van der Waals surface area contributed by atoms with Crippen molar-refractivity contribution in [2.24, 2.45) is 5.92 Å². The van der Waals surface area contributed by atoms with Crippen molar-refractivity contribution in [1.82, 2.24) is 4.90 Å². The second-order valence-corrected chi connectivity index (χ2v) is 6.60. The summed E-state index contributed by atoms with van der Waals surface area (Å²) in [5.74, 6) is -1.20. The summed E-state index contributed by atoms with van der Waals surface area (Å²) in [7, 11) is 0. The van der Waals surface area contributed by atoms with Crippen molar-refractivity contribution in [2.45, 2.75) is 32.1 Å². The Morgan fingerprint density at radius 2 is 2.17 bits per heavy atom. The number of amides is 1. The monoisotopic (exact) mass is 356 g/mol. The van der Waals surface area contributed by atoms with Gasteiger partial charge in [0, 0.05) is 31.0 Å². The van der Waals surface area contributed by atoms with E-state index in [9.17, 15) is 14.0 Å². The van der Waals surface area contributed by atoms with Gasteiger partial charge in [-0.15, -0.1) is 0 Å². The Balaban J connectivity index is 1.75. The zero-order valence-corrected chi connectivity index (χ0v) is 14.2. The standard InChI is InChI=1S/C17H22ClFN2O3/c18-13-4-5-15(14(19)10-13)20-16(22)7-9-21-8-1-2-12(11-21)3-6-17(23)24/h4-5,10,12H,1-3,6-9,11H2,(H,20,22)(H,23,24). The molecule has 0 bridgehead atoms. The maximum Gasteiger partial charge on any atom is 0.303 e. The van der Waals surface area contributed by atoms with Gasteiger partial charge in [0.05, 0.1) is 5.69 Å². The SMILES string of the molecule is O=C(O)CCC1CCCN(CCC(=O)Nc2ccc(Cl)cc2F)C1. The smallest absolute Gasteiger partial charge is 0.303 e. The molecular weight excluding hydrogens is 335 g/mol. The van der Waals surface area contributed by atoms with Gasteiger partial charge in [-0.1, -0.05) is 11.6 Å². The van der Waals surface area contributed by atoms with Gasteiger partial charge < -0.3 is 15.3 Å². The Morgan fingerprint density at radius 3 is 2.88 bits per heavy atom. The molecule has 7 heteroatoms. The number of likely N-dealkylation sites (tertiary alicyclic amines) is 1. The highest BCUT2D eigenvalue weighted by Crippen LogP contribution is 2.22. The molecule has 1 aromatic rings. The number of nitrogens with one attached hydrogen (secondary N) is 1. The average Bonchev–Trinajstić information content (AvgIpc) is 2.54. The number of anilines is 1. The molecule has 1 aromatic carbocycles. The maximum absolute atomic E-state index is 13.6. The van der Waals surface area contributed by atoms with Crippen LogP contribution in [0.25, 0.3) is 0 Å². The number of halogens is 2. The molecule has 0 aromatic heterocycles. The fourth-order valence-electron chi connectivity index (χ4n) is 2.98. The summed E-state index contributed by atoms with van der Waals surface area (Å²) < 4.78 is 13.6. The summed E-state index contributed by atoms with van der Waals surface area (Å²) in [6, 6.07) is 4.13. The lowest BCUT2D eigenvalue weighted by Crippen LogP contribution is -2.37. The van der Waals surface area contributed by atoms with Gasteiger partial charge >= 0.3 is 5.97 Å². The second-order valence-electron chi connectivity index (χ2n) is 6.16. The van der Waals surface area contributed by atoms with E-state index in [2.05, 4.69) is 10.2 Å². The quantitative estimate of drug-likeness (QED) is 0.785. The van der Waals surface area contributed by atoms with Crippen molar-refractivity contribution in [3.05, 3.63) is 29.0 Å². The van der Waals surface area contributed by atoms with Gasteiger partial charge in [-0.05, 0) is 49.9 Å². The van der Waals surface area contributed by atoms with E-state index in [0.29, 0.717) is 18.9 Å². The van der Waals surface area contributed by atoms with Crippen molar-refractivity contribution in [3.8, 4) is 0 Å². The fraction of sp³-hybridized carbons (Fsp3) is 0.529. The van der Waals surface area contributed by atoms with Gasteiger partial charge in [-0.25, -0.2) is 4.39 Å². The van der Waals surface area contributed by atoms with Crippen LogP contribution in [-0.4, -0.2) is 41.5 Å². The second kappa shape index (κ2) is 8.99. The molecule has 1 unspecified atom stereocenters. The van der Waals surface area contributed by atoms with E-state index < -0.39 is 11.8 Å². The molecule has 1 amide bonds. The number of benzene rings is 1. The zero-order valence-electron chi connectivity index (χ0n) is 13.4. The molecule has 1 heterocycles. The van der Waals surface area contributed by atoms with Gasteiger partial charge in [-0.2, -0.15) is 0 Å². The zero-order chi connectivity index (χ0) is 17.5. The highest BCUT2D eigenvalue weighted by Gasteiger charge is 2.21. The van der Waals surface area contributed by atoms with Crippen molar-refractivity contribution in [2.75, 3.05) is 25.0 Å². The van der Waals surface area contributed by atoms with Crippen molar-refractivity contribution < 1.29 is 19.1 Å². The Kier molecular flexibility index (Phi) is 6.99. The van der Waals surface area contributed by atoms with Crippen molar-refractivity contribution >= 4 is 29.2 Å². The number of nitrogens with zero attached hydrogens (tertiary/aromatic N) is 1. The molecule has 2 rings (SSSR count). The number of hydrogen-bond acceptors (Lipinski definition) is 3. The molecule has 0 saturated carbocycles. The van der Waals surface area contributed by atoms with Crippen LogP contribution < -0.4 is 5.32 Å². The molecular formula is C17H22ClFN2O3. The van der Waals surface area contributed by atoms with Gasteiger partial charge in [0.1, 0.15) is 5.82 Å². The van der Waals surface area contributed by atoms with E-state index in [0.717, 1.165) is 32.0 Å². The van der Waals surface area contributed by atoms with E-state index in [1.807, 2.05) is 0 Å². The lowest BCUT2D eigenvalue weighted by molar-refractivity contribution is -0.137. The molecule has 0 aliphatic carbocycles. The molecule has 1 saturated heterocycles. The minimum atomic E-state index is -0.767. The van der Waals surface area contributed by atoms with Crippen LogP contribution in [0, 0.1) is 11.7 Å². The molecule has 132 valence electrons. The average molecular weight is 357 g/mol. The maximum atomic E-state index is 13.6. The Hall–Kier alpha value is -1.66. The topological polar surface area (TPSA) is 69.6 Å². The Morgan fingerprint density at radius 1 is 1.38 bits per heavy atom. The highest BCUT2D eigenvalue weighted by atomic mass is 35.5. The molecule has 0 radical (unpaired) electrons. The first-order valence-corrected chi connectivity index (χ1v) is 8.51. The van der Waals surface area contributed by atoms with Crippen LogP contribution in [-0.2, 0) is 9.59 Å². The lowest BCUT2D eigenvalue weighted by atomic mass is 9.93. The number of rotatable bonds is 7. The summed E-state index contributed by atoms with van der Waals surface area (Å²) >= 11 is 5.68. The Bertz CT molecular complexity index is 597. The van der Waals surface area contributed by atoms with E-state index in [-0.39, 0.29) is 29.5 Å². The van der Waals surface area contributed by atoms with Gasteiger partial charge in [0.25, 0.3) is 0 Å². The van der Waals surface area contributed by atoms with E-state index in [1.165, 1.54) is 12.1 Å². The number of carbonyl (C=O) groups is 2. The van der Waals surface area contributed by atoms with Gasteiger partial charge in [-0.3, -0.25) is 9.59 Å². The van der Waals surface area contributed by atoms with Crippen LogP contribution in [0.2, 0.25) is 5.02 Å². The molecule has 5 nitrogen and oxygen atoms in total. The normalized spacial score (nSPS) is 18.3. The first kappa shape index (κ1) is 18.7. The molecule has 1 aliphatic heterocycles. The van der Waals surface area contributed by atoms with Crippen LogP contribution in [0.4, 0.5) is 10.1 Å². The van der Waals surface area contributed by atoms with E-state index in [4.69, 9.17) is 16.7 Å². The van der Waals surface area contributed by atoms with Crippen LogP contribution in [0.15, 0.2) is 18.2 Å². The Labute approximate surface area is 145 Å². The van der Waals surface area contributed by atoms with Gasteiger partial charge in [0.15, 0.2) is 0 Å². The minimum Gasteiger partial charge on any atom is -0.481 e. The van der Waals surface area contributed by atoms with E-state index >= 15 is 0 Å². The summed E-state index contributed by atoms with van der Waals surface area (Å²) in [6.45, 7) is 2.31. The third kappa shape index (κ3) is 6.09. The number of carboxylic acids is 1. The largest absolute Gasteiger partial charge is 0.481 e. The molecule has 0 spiro atoms. The third-order valence-corrected chi connectivity index (χ3v) is 4.46. The molecule has 2 N–H and O–H groups in total. The lowest BCUT2D eigenvalue weighted by Gasteiger charge is -2.32. The minimum absolute atomic E-state index is 0.127. The summed E-state index contributed by atoms with van der Waals surface area (Å²) in [5, 5.41) is 11.6. The summed E-state index contributed by atoms with van der Waals surface area (Å²) in [5.41, 5.74) is 0.127. The van der Waals surface area contributed by atoms with Crippen LogP contribution in [0.1, 0.15) is 32.1 Å². The fourth-order valence-corrected chi connectivity index (χ4v) is 3.14. The molecule has 1 aliphatic rings. The third-order valence-electron chi connectivity index (χ3n) is 4.23. The molecule has 1 atom stereocenters. The summed E-state index contributed by atoms with van der Waals surface area (Å²) in [6.07, 6.45) is 3.18. The van der Waals surface area contributed by atoms with Crippen LogP contribution in [0.3, 0.4) is 0 Å². The first-order chi connectivity index (χ1) is 11.4. The number of carbonyl (C=O) groups excluding carboxylic acids is 1. The summed E-state index contributed by atoms with van der Waals surface area (Å²) in [4.78, 5) is 24.8. The van der Waals surface area contributed by atoms with Gasteiger partial charge in [0.2, 0.25) is 5.91 Å². The number of aliphatic carboxylic acids is 1. The molecule has 24 heavy (non-hydrogen) atoms. The molecule has 1 fully saturated rings. The van der Waals surface area contributed by atoms with E-state index in [1.54, 1.807) is 0 Å². The number of piperidine rings is 1. The van der Waals surface area contributed by atoms with Crippen molar-refractivity contribution in [1.29, 1.82) is 0 Å². The first-order valence-electron chi connectivity index (χ1n) is 8.13. The predicted octanol–water partition coefficient (Wildman–Crippen LogP) is 3.38. The number of hydrogen-bond donors (Lipinski definition) is 2. The van der Waals surface area contributed by atoms with Crippen LogP contribution >= 0.6 is 11.6 Å². The predicted molar refractivity (Wildman–Crippen MR) is 90.7 cm³/mol. The highest BCUT2D eigenvalue weighted by molar-refractivity contribution is 6.30. The number of carboxylic acid groups (broad SMARTS) is 1.